The molecule has 0 spiro atoms. The van der Waals surface area contributed by atoms with Crippen LogP contribution in [0.3, 0.4) is 0 Å². The lowest BCUT2D eigenvalue weighted by molar-refractivity contribution is -0.185. The van der Waals surface area contributed by atoms with E-state index in [-0.39, 0.29) is 55.1 Å². The number of Topliss-reactive ketones (excluding diaryl/α,β-unsaturated/α-hetero) is 1. The summed E-state index contributed by atoms with van der Waals surface area (Å²) in [4.78, 5) is 31.3. The molecule has 5 rings (SSSR count). The van der Waals surface area contributed by atoms with Gasteiger partial charge in [-0.25, -0.2) is 4.39 Å². The van der Waals surface area contributed by atoms with Crippen LogP contribution in [0.4, 0.5) is 17.6 Å². The fourth-order valence-electron chi connectivity index (χ4n) is 7.05. The molecule has 0 bridgehead atoms. The third-order valence-corrected chi connectivity index (χ3v) is 9.58. The zero-order chi connectivity index (χ0) is 30.7. The number of unbranched alkanes of at least 4 members (excludes halogenated alkanes) is 1. The summed E-state index contributed by atoms with van der Waals surface area (Å²) >= 11 is 0. The van der Waals surface area contributed by atoms with Gasteiger partial charge in [-0.05, 0) is 87.9 Å². The Balaban J connectivity index is 1.48. The number of carbonyl (C=O) groups is 2. The molecule has 234 valence electrons. The van der Waals surface area contributed by atoms with Gasteiger partial charge in [0.2, 0.25) is 5.91 Å². The molecule has 10 heteroatoms. The molecule has 1 aliphatic carbocycles. The second kappa shape index (κ2) is 13.3. The van der Waals surface area contributed by atoms with E-state index in [4.69, 9.17) is 0 Å². The van der Waals surface area contributed by atoms with Crippen LogP contribution in [0.2, 0.25) is 0 Å². The van der Waals surface area contributed by atoms with Gasteiger partial charge in [-0.15, -0.1) is 0 Å². The number of phenolic OH excluding ortho intramolecular Hbond substituents is 1. The Bertz CT molecular complexity index is 1300. The Morgan fingerprint density at radius 2 is 1.74 bits per heavy atom. The fourth-order valence-corrected chi connectivity index (χ4v) is 7.05. The van der Waals surface area contributed by atoms with Crippen LogP contribution in [0, 0.1) is 24.6 Å². The summed E-state index contributed by atoms with van der Waals surface area (Å²) in [5.74, 6) is -4.19. The molecule has 2 N–H and O–H groups in total. The second-order valence-corrected chi connectivity index (χ2v) is 12.4. The molecule has 2 aliphatic heterocycles. The van der Waals surface area contributed by atoms with E-state index in [2.05, 4.69) is 5.32 Å². The lowest BCUT2D eigenvalue weighted by atomic mass is 9.69. The molecule has 1 saturated carbocycles. The van der Waals surface area contributed by atoms with Gasteiger partial charge in [-0.3, -0.25) is 9.59 Å². The first-order valence-electron chi connectivity index (χ1n) is 15.5. The largest absolute Gasteiger partial charge is 0.508 e. The molecule has 2 aromatic rings. The number of phenols is 1. The van der Waals surface area contributed by atoms with E-state index in [1.54, 1.807) is 25.1 Å². The van der Waals surface area contributed by atoms with Crippen LogP contribution in [0.5, 0.6) is 5.75 Å². The highest BCUT2D eigenvalue weighted by molar-refractivity contribution is 5.99. The SMILES string of the molecule is Cc1c(F)cccc1[C@@H]1[C@@H](C(=O)c2cccc(O)c2)CN(CCCCNC2CCC2)C[C@H]1C(=O)N1CCC[C@H]1C(F)(F)F. The van der Waals surface area contributed by atoms with Crippen molar-refractivity contribution in [2.24, 2.45) is 11.8 Å². The molecule has 2 heterocycles. The number of alkyl halides is 3. The number of ketones is 1. The van der Waals surface area contributed by atoms with Gasteiger partial charge < -0.3 is 20.2 Å². The Kier molecular flexibility index (Phi) is 9.76. The van der Waals surface area contributed by atoms with E-state index in [1.807, 2.05) is 4.90 Å². The van der Waals surface area contributed by atoms with Crippen molar-refractivity contribution in [2.75, 3.05) is 32.7 Å². The van der Waals surface area contributed by atoms with Gasteiger partial charge in [0.05, 0.1) is 5.92 Å². The van der Waals surface area contributed by atoms with Crippen LogP contribution in [0.15, 0.2) is 42.5 Å². The van der Waals surface area contributed by atoms with Crippen molar-refractivity contribution in [3.8, 4) is 5.75 Å². The van der Waals surface area contributed by atoms with Crippen molar-refractivity contribution in [2.45, 2.75) is 76.0 Å². The summed E-state index contributed by atoms with van der Waals surface area (Å²) in [5.41, 5.74) is 0.989. The summed E-state index contributed by atoms with van der Waals surface area (Å²) in [7, 11) is 0. The van der Waals surface area contributed by atoms with E-state index >= 15 is 0 Å². The van der Waals surface area contributed by atoms with E-state index in [1.165, 1.54) is 43.5 Å². The number of rotatable bonds is 10. The Morgan fingerprint density at radius 3 is 2.44 bits per heavy atom. The van der Waals surface area contributed by atoms with Crippen LogP contribution in [0.1, 0.15) is 72.3 Å². The highest BCUT2D eigenvalue weighted by Crippen LogP contribution is 2.44. The van der Waals surface area contributed by atoms with Crippen LogP contribution in [0.25, 0.3) is 0 Å². The van der Waals surface area contributed by atoms with E-state index in [0.717, 1.165) is 24.3 Å². The number of halogens is 4. The Morgan fingerprint density at radius 1 is 1.00 bits per heavy atom. The van der Waals surface area contributed by atoms with Gasteiger partial charge in [0.15, 0.2) is 5.78 Å². The van der Waals surface area contributed by atoms with E-state index < -0.39 is 41.7 Å². The zero-order valence-electron chi connectivity index (χ0n) is 24.6. The molecule has 43 heavy (non-hydrogen) atoms. The van der Waals surface area contributed by atoms with E-state index in [0.29, 0.717) is 18.2 Å². The number of hydrogen-bond acceptors (Lipinski definition) is 5. The second-order valence-electron chi connectivity index (χ2n) is 12.4. The maximum atomic E-state index is 14.9. The molecule has 0 aromatic heterocycles. The van der Waals surface area contributed by atoms with E-state index in [9.17, 15) is 32.3 Å². The molecule has 0 radical (unpaired) electrons. The predicted octanol–water partition coefficient (Wildman–Crippen LogP) is 5.83. The Labute approximate surface area is 250 Å². The summed E-state index contributed by atoms with van der Waals surface area (Å²) in [6, 6.07) is 9.15. The number of piperidine rings is 1. The first-order chi connectivity index (χ1) is 20.5. The summed E-state index contributed by atoms with van der Waals surface area (Å²) in [6.45, 7) is 3.47. The molecule has 2 saturated heterocycles. The van der Waals surface area contributed by atoms with Gasteiger partial charge in [0, 0.05) is 43.1 Å². The first kappa shape index (κ1) is 31.4. The van der Waals surface area contributed by atoms with Crippen LogP contribution in [-0.2, 0) is 4.79 Å². The highest BCUT2D eigenvalue weighted by Gasteiger charge is 2.52. The Hall–Kier alpha value is -2.98. The summed E-state index contributed by atoms with van der Waals surface area (Å²) in [5, 5.41) is 13.6. The van der Waals surface area contributed by atoms with Gasteiger partial charge in [0.25, 0.3) is 0 Å². The molecule has 2 aromatic carbocycles. The molecule has 3 aliphatic rings. The quantitative estimate of drug-likeness (QED) is 0.203. The lowest BCUT2D eigenvalue weighted by Gasteiger charge is -2.45. The van der Waals surface area contributed by atoms with Gasteiger partial charge in [0.1, 0.15) is 17.6 Å². The number of likely N-dealkylation sites (tertiary alicyclic amines) is 2. The lowest BCUT2D eigenvalue weighted by Crippen LogP contribution is -2.55. The van der Waals surface area contributed by atoms with Gasteiger partial charge >= 0.3 is 6.18 Å². The monoisotopic (exact) mass is 603 g/mol. The number of nitrogens with one attached hydrogen (secondary N) is 1. The van der Waals surface area contributed by atoms with Crippen LogP contribution < -0.4 is 5.32 Å². The summed E-state index contributed by atoms with van der Waals surface area (Å²) in [6.07, 6.45) is 0.834. The normalized spacial score (nSPS) is 25.1. The average Bonchev–Trinajstić information content (AvgIpc) is 3.45. The minimum Gasteiger partial charge on any atom is -0.508 e. The highest BCUT2D eigenvalue weighted by atomic mass is 19.4. The van der Waals surface area contributed by atoms with Crippen LogP contribution in [-0.4, -0.2) is 77.6 Å². The van der Waals surface area contributed by atoms with Gasteiger partial charge in [-0.1, -0.05) is 30.7 Å². The molecular weight excluding hydrogens is 562 g/mol. The van der Waals surface area contributed by atoms with Crippen molar-refractivity contribution in [3.63, 3.8) is 0 Å². The standard InChI is InChI=1S/C33H41F4N3O3/c1-21-25(12-6-13-28(21)34)30-26(31(42)22-8-4-11-24(41)18-22)19-39(16-3-2-15-38-23-9-5-10-23)20-27(30)32(43)40-17-7-14-29(40)33(35,36)37/h4,6,8,11-13,18,23,26-27,29-30,38,41H,2-3,5,7,9-10,14-17,19-20H2,1H3/t26-,27+,29-,30+/m0/s1. The molecule has 6 nitrogen and oxygen atoms in total. The number of carbonyl (C=O) groups excluding carboxylic acids is 2. The molecule has 3 fully saturated rings. The third-order valence-electron chi connectivity index (χ3n) is 9.58. The number of amides is 1. The van der Waals surface area contributed by atoms with Crippen molar-refractivity contribution >= 4 is 11.7 Å². The van der Waals surface area contributed by atoms with Crippen molar-refractivity contribution in [3.05, 3.63) is 65.0 Å². The maximum absolute atomic E-state index is 14.9. The fraction of sp³-hybridized carbons (Fsp3) is 0.576. The molecule has 4 atom stereocenters. The van der Waals surface area contributed by atoms with Crippen molar-refractivity contribution < 1.29 is 32.3 Å². The van der Waals surface area contributed by atoms with Crippen molar-refractivity contribution in [1.29, 1.82) is 0 Å². The third kappa shape index (κ3) is 7.06. The number of benzene rings is 2. The molecule has 0 unspecified atom stereocenters. The molecular formula is C33H41F4N3O3. The minimum absolute atomic E-state index is 0.00757. The number of nitrogens with zero attached hydrogens (tertiary/aromatic N) is 2. The zero-order valence-corrected chi connectivity index (χ0v) is 24.6. The number of aromatic hydroxyl groups is 1. The topological polar surface area (TPSA) is 72.9 Å². The smallest absolute Gasteiger partial charge is 0.408 e. The minimum atomic E-state index is -4.56. The van der Waals surface area contributed by atoms with Crippen molar-refractivity contribution in [1.82, 2.24) is 15.1 Å². The van der Waals surface area contributed by atoms with Crippen LogP contribution >= 0.6 is 0 Å². The predicted molar refractivity (Wildman–Crippen MR) is 155 cm³/mol. The first-order valence-corrected chi connectivity index (χ1v) is 15.5. The average molecular weight is 604 g/mol. The van der Waals surface area contributed by atoms with Gasteiger partial charge in [-0.2, -0.15) is 13.2 Å². The maximum Gasteiger partial charge on any atom is 0.408 e. The molecule has 1 amide bonds. The summed E-state index contributed by atoms with van der Waals surface area (Å²) < 4.78 is 56.9. The number of hydrogen-bond donors (Lipinski definition) is 2.